The Hall–Kier alpha value is -9.38. The minimum atomic E-state index is -3.15. The van der Waals surface area contributed by atoms with Gasteiger partial charge in [0.15, 0.2) is 29.6 Å². The molecule has 1 aliphatic rings. The molecule has 83 heavy (non-hydrogen) atoms. The van der Waals surface area contributed by atoms with Gasteiger partial charge in [-0.2, -0.15) is 9.97 Å². The molecule has 0 radical (unpaired) electrons. The van der Waals surface area contributed by atoms with Crippen LogP contribution in [-0.2, 0) is 34.8 Å². The first-order valence-corrected chi connectivity index (χ1v) is 29.0. The number of H-pyrrole nitrogens is 1. The number of fused-ring (bicyclic) bond motifs is 1. The third kappa shape index (κ3) is 13.7. The van der Waals surface area contributed by atoms with Crippen molar-refractivity contribution in [2.45, 2.75) is 70.7 Å². The predicted octanol–water partition coefficient (Wildman–Crippen LogP) is 5.57. The molecule has 428 valence electrons. The number of aromatic amines is 1. The van der Waals surface area contributed by atoms with Gasteiger partial charge in [0, 0.05) is 31.4 Å². The van der Waals surface area contributed by atoms with Crippen molar-refractivity contribution in [1.82, 2.24) is 39.3 Å². The second kappa shape index (κ2) is 26.0. The van der Waals surface area contributed by atoms with E-state index in [1.807, 2.05) is 74.5 Å². The largest absolute Gasteiger partial charge is 0.452 e. The van der Waals surface area contributed by atoms with E-state index in [1.54, 1.807) is 66.7 Å². The number of carbonyl (C=O) groups is 5. The van der Waals surface area contributed by atoms with Crippen LogP contribution in [0.25, 0.3) is 11.2 Å². The molecule has 21 nitrogen and oxygen atoms in total. The van der Waals surface area contributed by atoms with Crippen molar-refractivity contribution in [2.75, 3.05) is 43.4 Å². The minimum Gasteiger partial charge on any atom is -0.452 e. The monoisotopic (exact) mass is 1140 g/mol. The number of carbonyl (C=O) groups excluding carboxylic acids is 5. The van der Waals surface area contributed by atoms with Crippen LogP contribution >= 0.6 is 0 Å². The molecule has 0 unspecified atom stereocenters. The highest BCUT2D eigenvalue weighted by Crippen LogP contribution is 2.37. The van der Waals surface area contributed by atoms with Crippen molar-refractivity contribution >= 4 is 71.3 Å². The normalized spacial score (nSPS) is 16.0. The Morgan fingerprint density at radius 2 is 1.29 bits per heavy atom. The van der Waals surface area contributed by atoms with E-state index in [1.165, 1.54) is 52.3 Å². The summed E-state index contributed by atoms with van der Waals surface area (Å²) in [6.07, 6.45) is -3.21. The second-order valence-corrected chi connectivity index (χ2v) is 25.5. The Morgan fingerprint density at radius 1 is 0.735 bits per heavy atom. The first-order chi connectivity index (χ1) is 40.0. The van der Waals surface area contributed by atoms with Crippen LogP contribution in [0, 0.1) is 5.92 Å². The lowest BCUT2D eigenvalue weighted by atomic mass is 10.1. The molecule has 3 aromatic heterocycles. The number of hydrogen-bond donors (Lipinski definition) is 4. The predicted molar refractivity (Wildman–Crippen MR) is 313 cm³/mol. The molecule has 5 aromatic carbocycles. The Kier molecular flexibility index (Phi) is 18.3. The summed E-state index contributed by atoms with van der Waals surface area (Å²) in [7, 11) is -3.15. The lowest BCUT2D eigenvalue weighted by Crippen LogP contribution is -2.67. The summed E-state index contributed by atoms with van der Waals surface area (Å²) in [5.74, 6) is -3.07. The van der Waals surface area contributed by atoms with E-state index in [9.17, 15) is 33.6 Å². The van der Waals surface area contributed by atoms with Crippen molar-refractivity contribution in [2.24, 2.45) is 5.92 Å². The fraction of sp³-hybridized carbons (Fsp3) is 0.279. The Labute approximate surface area is 479 Å². The number of nitrogens with zero attached hydrogens (tertiary/aromatic N) is 6. The third-order valence-corrected chi connectivity index (χ3v) is 19.0. The number of nitrogens with one attached hydrogen (secondary N) is 4. The number of anilines is 2. The van der Waals surface area contributed by atoms with Crippen LogP contribution in [0.15, 0.2) is 180 Å². The van der Waals surface area contributed by atoms with E-state index in [-0.39, 0.29) is 59.7 Å². The fourth-order valence-corrected chi connectivity index (χ4v) is 14.4. The quantitative estimate of drug-likeness (QED) is 0.0478. The smallest absolute Gasteiger partial charge is 0.351 e. The minimum absolute atomic E-state index is 0.00489. The molecule has 1 aliphatic heterocycles. The Bertz CT molecular complexity index is 3640. The summed E-state index contributed by atoms with van der Waals surface area (Å²) >= 11 is 0. The Morgan fingerprint density at radius 3 is 1.84 bits per heavy atom. The maximum absolute atomic E-state index is 14.8. The fourth-order valence-electron chi connectivity index (χ4n) is 9.86. The third-order valence-electron chi connectivity index (χ3n) is 13.9. The summed E-state index contributed by atoms with van der Waals surface area (Å²) in [5, 5.41) is 10.2. The zero-order valence-electron chi connectivity index (χ0n) is 46.5. The SMILES string of the molecule is CC(C)CNc1nc2c(ncn2CC(=O)N(CCO[Si](c2ccccc2)(c2ccccc2)C(C)(C)C)CC(=O)NC[C@H]2O[C@@H](n3ccc(NC(=O)c4ccccc4)nc3=O)[C@H](OC(=O)c3ccccc3)[C@@H]2OC(=O)c2ccccc2)c(=O)[nH]1. The van der Waals surface area contributed by atoms with Gasteiger partial charge in [0.1, 0.15) is 18.5 Å². The number of rotatable bonds is 22. The average Bonchev–Trinajstić information content (AvgIpc) is 4.20. The van der Waals surface area contributed by atoms with Crippen molar-refractivity contribution in [3.63, 3.8) is 0 Å². The number of ether oxygens (including phenoxy) is 3. The first-order valence-electron chi connectivity index (χ1n) is 27.1. The molecule has 0 bridgehead atoms. The summed E-state index contributed by atoms with van der Waals surface area (Å²) in [6.45, 7) is 9.51. The molecule has 8 aromatic rings. The van der Waals surface area contributed by atoms with E-state index in [0.29, 0.717) is 12.1 Å². The van der Waals surface area contributed by atoms with Gasteiger partial charge < -0.3 is 44.1 Å². The summed E-state index contributed by atoms with van der Waals surface area (Å²) in [6, 6.07) is 45.7. The highest BCUT2D eigenvalue weighted by Gasteiger charge is 2.52. The topological polar surface area (TPSA) is 260 Å². The van der Waals surface area contributed by atoms with Crippen LogP contribution in [0.4, 0.5) is 11.8 Å². The summed E-state index contributed by atoms with van der Waals surface area (Å²) in [5.41, 5.74) is -0.669. The highest BCUT2D eigenvalue weighted by molar-refractivity contribution is 6.99. The van der Waals surface area contributed by atoms with E-state index < -0.39 is 91.9 Å². The maximum atomic E-state index is 14.8. The lowest BCUT2D eigenvalue weighted by molar-refractivity contribution is -0.137. The number of aromatic nitrogens is 6. The number of hydrogen-bond acceptors (Lipinski definition) is 15. The van der Waals surface area contributed by atoms with E-state index in [4.69, 9.17) is 18.6 Å². The van der Waals surface area contributed by atoms with Crippen molar-refractivity contribution in [3.8, 4) is 0 Å². The van der Waals surface area contributed by atoms with Crippen LogP contribution in [0.1, 0.15) is 71.9 Å². The molecule has 22 heteroatoms. The molecule has 4 atom stereocenters. The maximum Gasteiger partial charge on any atom is 0.351 e. The van der Waals surface area contributed by atoms with Crippen molar-refractivity contribution in [1.29, 1.82) is 0 Å². The second-order valence-electron chi connectivity index (χ2n) is 21.2. The van der Waals surface area contributed by atoms with Crippen LogP contribution in [0.5, 0.6) is 0 Å². The van der Waals surface area contributed by atoms with Crippen molar-refractivity contribution in [3.05, 3.63) is 208 Å². The number of imidazole rings is 1. The van der Waals surface area contributed by atoms with Gasteiger partial charge in [-0.15, -0.1) is 0 Å². The molecular weight excluding hydrogens is 1080 g/mol. The van der Waals surface area contributed by atoms with Crippen LogP contribution < -0.4 is 37.6 Å². The Balaban J connectivity index is 1.02. The number of esters is 2. The molecule has 4 heterocycles. The summed E-state index contributed by atoms with van der Waals surface area (Å²) in [4.78, 5) is 115. The molecule has 4 N–H and O–H groups in total. The van der Waals surface area contributed by atoms with Crippen LogP contribution in [0.2, 0.25) is 5.04 Å². The molecule has 0 spiro atoms. The van der Waals surface area contributed by atoms with Gasteiger partial charge >= 0.3 is 17.6 Å². The van der Waals surface area contributed by atoms with Gasteiger partial charge in [-0.1, -0.05) is 150 Å². The van der Waals surface area contributed by atoms with E-state index in [0.717, 1.165) is 14.9 Å². The molecule has 3 amide bonds. The molecule has 1 fully saturated rings. The summed E-state index contributed by atoms with van der Waals surface area (Å²) < 4.78 is 28.4. The van der Waals surface area contributed by atoms with Gasteiger partial charge in [0.25, 0.3) is 19.8 Å². The van der Waals surface area contributed by atoms with Gasteiger partial charge in [-0.3, -0.25) is 28.7 Å². The zero-order chi connectivity index (χ0) is 58.7. The number of amides is 3. The lowest BCUT2D eigenvalue weighted by Gasteiger charge is -2.43. The molecule has 9 rings (SSSR count). The standard InChI is InChI=1S/C61H64N10O11Si/c1-40(2)35-63-59-67-53-50(55(75)68-59)64-39-70(53)38-49(73)69(33-34-79-83(61(3,4)5,44-27-17-9-18-28-44)45-29-19-10-20-30-45)37-48(72)62-36-46-51(81-57(76)42-23-13-7-14-24-42)52(82-58(77)43-25-15-8-16-26-43)56(80-46)71-32-31-47(66-60(71)78)65-54(74)41-21-11-6-12-22-41/h6-32,39-40,46,51-52,56H,33-38H2,1-5H3,(H,62,72)(H2,63,67,68,75)(H,65,66,74,78)/t46-,51-,52-,56-/m1/s1. The molecule has 0 saturated carbocycles. The molecular formula is C61H64N10O11Si. The average molecular weight is 1140 g/mol. The van der Waals surface area contributed by atoms with Gasteiger partial charge in [0.05, 0.1) is 30.6 Å². The number of benzene rings is 5. The molecule has 0 aliphatic carbocycles. The van der Waals surface area contributed by atoms with Crippen LogP contribution in [0.3, 0.4) is 0 Å². The first kappa shape index (κ1) is 58.3. The van der Waals surface area contributed by atoms with E-state index >= 15 is 0 Å². The zero-order valence-corrected chi connectivity index (χ0v) is 47.5. The van der Waals surface area contributed by atoms with Crippen molar-refractivity contribution < 1.29 is 42.6 Å². The van der Waals surface area contributed by atoms with Gasteiger partial charge in [-0.05, 0) is 63.8 Å². The molecule has 1 saturated heterocycles. The van der Waals surface area contributed by atoms with E-state index in [2.05, 4.69) is 56.7 Å². The van der Waals surface area contributed by atoms with Crippen LogP contribution in [-0.4, -0.2) is 123 Å². The highest BCUT2D eigenvalue weighted by atomic mass is 28.4. The van der Waals surface area contributed by atoms with Gasteiger partial charge in [-0.25, -0.2) is 19.4 Å². The van der Waals surface area contributed by atoms with Gasteiger partial charge in [0.2, 0.25) is 17.8 Å².